The van der Waals surface area contributed by atoms with Crippen LogP contribution in [0.15, 0.2) is 41.8 Å². The van der Waals surface area contributed by atoms with Crippen LogP contribution >= 0.6 is 11.3 Å². The summed E-state index contributed by atoms with van der Waals surface area (Å²) in [7, 11) is 0. The molecule has 142 valence electrons. The highest BCUT2D eigenvalue weighted by atomic mass is 32.1. The van der Waals surface area contributed by atoms with E-state index in [0.29, 0.717) is 35.6 Å². The van der Waals surface area contributed by atoms with Crippen molar-refractivity contribution in [3.05, 3.63) is 46.7 Å². The largest absolute Gasteiger partial charge is 0.326 e. The molecule has 0 aliphatic carbocycles. The van der Waals surface area contributed by atoms with Crippen LogP contribution in [0.3, 0.4) is 0 Å². The van der Waals surface area contributed by atoms with Gasteiger partial charge in [0.1, 0.15) is 6.04 Å². The lowest BCUT2D eigenvalue weighted by Crippen LogP contribution is -2.49. The van der Waals surface area contributed by atoms with Crippen LogP contribution in [0, 0.1) is 0 Å². The number of piperidine rings is 1. The molecular weight excluding hydrogens is 362 g/mol. The number of hydrogen-bond acceptors (Lipinski definition) is 4. The summed E-state index contributed by atoms with van der Waals surface area (Å²) in [6.07, 6.45) is 2.85. The molecule has 0 radical (unpaired) electrons. The Balaban J connectivity index is 1.71. The second kappa shape index (κ2) is 8.81. The zero-order valence-corrected chi connectivity index (χ0v) is 16.1. The van der Waals surface area contributed by atoms with Gasteiger partial charge >= 0.3 is 0 Å². The minimum atomic E-state index is -0.484. The quantitative estimate of drug-likeness (QED) is 0.823. The van der Waals surface area contributed by atoms with Gasteiger partial charge in [-0.3, -0.25) is 14.4 Å². The molecule has 2 N–H and O–H groups in total. The van der Waals surface area contributed by atoms with Gasteiger partial charge in [-0.25, -0.2) is 0 Å². The van der Waals surface area contributed by atoms with E-state index in [1.165, 1.54) is 11.3 Å². The average molecular weight is 385 g/mol. The summed E-state index contributed by atoms with van der Waals surface area (Å²) in [5.41, 5.74) is 1.23. The summed E-state index contributed by atoms with van der Waals surface area (Å²) in [6.45, 7) is 2.37. The lowest BCUT2D eigenvalue weighted by Gasteiger charge is -2.34. The van der Waals surface area contributed by atoms with Crippen LogP contribution < -0.4 is 10.6 Å². The van der Waals surface area contributed by atoms with E-state index in [1.807, 2.05) is 11.4 Å². The van der Waals surface area contributed by atoms with E-state index in [9.17, 15) is 14.4 Å². The molecule has 1 fully saturated rings. The van der Waals surface area contributed by atoms with Crippen molar-refractivity contribution in [3.8, 4) is 0 Å². The fraction of sp³-hybridized carbons (Fsp3) is 0.350. The number of carbonyl (C=O) groups excluding carboxylic acids is 3. The molecular formula is C20H23N3O3S. The van der Waals surface area contributed by atoms with Crippen molar-refractivity contribution < 1.29 is 14.4 Å². The zero-order chi connectivity index (χ0) is 19.2. The van der Waals surface area contributed by atoms with E-state index in [4.69, 9.17) is 0 Å². The van der Waals surface area contributed by atoms with Gasteiger partial charge in [0.15, 0.2) is 0 Å². The van der Waals surface area contributed by atoms with Gasteiger partial charge in [-0.15, -0.1) is 11.3 Å². The van der Waals surface area contributed by atoms with E-state index >= 15 is 0 Å². The van der Waals surface area contributed by atoms with Gasteiger partial charge in [0.25, 0.3) is 5.91 Å². The van der Waals surface area contributed by atoms with Crippen molar-refractivity contribution in [1.29, 1.82) is 0 Å². The predicted molar refractivity (Wildman–Crippen MR) is 107 cm³/mol. The predicted octanol–water partition coefficient (Wildman–Crippen LogP) is 3.73. The van der Waals surface area contributed by atoms with Crippen LogP contribution in [0.1, 0.15) is 42.3 Å². The average Bonchev–Trinajstić information content (AvgIpc) is 3.22. The maximum Gasteiger partial charge on any atom is 0.264 e. The van der Waals surface area contributed by atoms with Crippen molar-refractivity contribution in [2.24, 2.45) is 0 Å². The Morgan fingerprint density at radius 3 is 2.59 bits per heavy atom. The number of thiophene rings is 1. The molecule has 1 aliphatic rings. The van der Waals surface area contributed by atoms with E-state index < -0.39 is 6.04 Å². The van der Waals surface area contributed by atoms with Gasteiger partial charge in [-0.1, -0.05) is 19.1 Å². The normalized spacial score (nSPS) is 16.6. The Hall–Kier alpha value is -2.67. The van der Waals surface area contributed by atoms with Gasteiger partial charge in [0, 0.05) is 24.3 Å². The highest BCUT2D eigenvalue weighted by Gasteiger charge is 2.33. The van der Waals surface area contributed by atoms with Crippen molar-refractivity contribution in [3.63, 3.8) is 0 Å². The van der Waals surface area contributed by atoms with E-state index in [1.54, 1.807) is 42.2 Å². The van der Waals surface area contributed by atoms with E-state index in [2.05, 4.69) is 10.6 Å². The third-order valence-corrected chi connectivity index (χ3v) is 5.39. The Morgan fingerprint density at radius 1 is 1.11 bits per heavy atom. The molecule has 7 heteroatoms. The summed E-state index contributed by atoms with van der Waals surface area (Å²) in [4.78, 5) is 39.5. The number of anilines is 2. The number of amides is 3. The maximum absolute atomic E-state index is 12.9. The van der Waals surface area contributed by atoms with Crippen LogP contribution in [-0.4, -0.2) is 35.2 Å². The van der Waals surface area contributed by atoms with Crippen LogP contribution in [0.2, 0.25) is 0 Å². The molecule has 1 saturated heterocycles. The van der Waals surface area contributed by atoms with Crippen LogP contribution in [0.5, 0.6) is 0 Å². The second-order valence-electron chi connectivity index (χ2n) is 6.46. The van der Waals surface area contributed by atoms with Crippen molar-refractivity contribution in [1.82, 2.24) is 4.90 Å². The number of likely N-dealkylation sites (tertiary alicyclic amines) is 1. The molecule has 0 spiro atoms. The van der Waals surface area contributed by atoms with Crippen LogP contribution in [0.4, 0.5) is 11.4 Å². The molecule has 0 saturated carbocycles. The smallest absolute Gasteiger partial charge is 0.264 e. The Labute approximate surface area is 162 Å². The molecule has 6 nitrogen and oxygen atoms in total. The first-order valence-electron chi connectivity index (χ1n) is 9.13. The molecule has 1 atom stereocenters. The molecule has 0 bridgehead atoms. The highest BCUT2D eigenvalue weighted by molar-refractivity contribution is 7.12. The lowest BCUT2D eigenvalue weighted by atomic mass is 10.0. The minimum Gasteiger partial charge on any atom is -0.326 e. The van der Waals surface area contributed by atoms with E-state index in [-0.39, 0.29) is 17.7 Å². The Morgan fingerprint density at radius 2 is 1.89 bits per heavy atom. The third-order valence-electron chi connectivity index (χ3n) is 4.53. The first-order chi connectivity index (χ1) is 13.1. The van der Waals surface area contributed by atoms with Gasteiger partial charge < -0.3 is 15.5 Å². The molecule has 2 aromatic rings. The van der Waals surface area contributed by atoms with Crippen molar-refractivity contribution in [2.75, 3.05) is 17.2 Å². The third kappa shape index (κ3) is 4.74. The minimum absolute atomic E-state index is 0.0847. The molecule has 1 aromatic carbocycles. The highest BCUT2D eigenvalue weighted by Crippen LogP contribution is 2.23. The molecule has 1 aliphatic heterocycles. The number of carbonyl (C=O) groups is 3. The van der Waals surface area contributed by atoms with Crippen molar-refractivity contribution >= 4 is 40.4 Å². The fourth-order valence-corrected chi connectivity index (χ4v) is 3.82. The molecule has 3 rings (SSSR count). The zero-order valence-electron chi connectivity index (χ0n) is 15.2. The number of nitrogens with zero attached hydrogens (tertiary/aromatic N) is 1. The number of hydrogen-bond donors (Lipinski definition) is 2. The second-order valence-corrected chi connectivity index (χ2v) is 7.41. The summed E-state index contributed by atoms with van der Waals surface area (Å²) in [5.74, 6) is -0.370. The van der Waals surface area contributed by atoms with Gasteiger partial charge in [0.2, 0.25) is 11.8 Å². The summed E-state index contributed by atoms with van der Waals surface area (Å²) in [6, 6.07) is 10.2. The Bertz CT molecular complexity index is 820. The van der Waals surface area contributed by atoms with Crippen LogP contribution in [0.25, 0.3) is 0 Å². The van der Waals surface area contributed by atoms with Crippen molar-refractivity contribution in [2.45, 2.75) is 38.6 Å². The molecule has 2 heterocycles. The number of nitrogens with one attached hydrogen (secondary N) is 2. The fourth-order valence-electron chi connectivity index (χ4n) is 3.14. The van der Waals surface area contributed by atoms with Crippen LogP contribution in [-0.2, 0) is 9.59 Å². The molecule has 3 amide bonds. The maximum atomic E-state index is 12.9. The summed E-state index contributed by atoms with van der Waals surface area (Å²) >= 11 is 1.39. The van der Waals surface area contributed by atoms with Gasteiger partial charge in [-0.2, -0.15) is 0 Å². The lowest BCUT2D eigenvalue weighted by molar-refractivity contribution is -0.121. The SMILES string of the molecule is CCC(=O)Nc1cccc(NC(=O)C2CCCCN2C(=O)c2cccs2)c1. The molecule has 1 unspecified atom stereocenters. The summed E-state index contributed by atoms with van der Waals surface area (Å²) < 4.78 is 0. The first kappa shape index (κ1) is 19.1. The molecule has 1 aromatic heterocycles. The van der Waals surface area contributed by atoms with E-state index in [0.717, 1.165) is 12.8 Å². The number of benzene rings is 1. The Kier molecular flexibility index (Phi) is 6.24. The standard InChI is InChI=1S/C20H23N3O3S/c1-2-18(24)21-14-7-5-8-15(13-14)22-19(25)16-9-3-4-11-23(16)20(26)17-10-6-12-27-17/h5-8,10,12-13,16H,2-4,9,11H2,1H3,(H,21,24)(H,22,25). The monoisotopic (exact) mass is 385 g/mol. The first-order valence-corrected chi connectivity index (χ1v) is 10.0. The van der Waals surface area contributed by atoms with Gasteiger partial charge in [-0.05, 0) is 48.9 Å². The molecule has 27 heavy (non-hydrogen) atoms. The topological polar surface area (TPSA) is 78.5 Å². The van der Waals surface area contributed by atoms with Gasteiger partial charge in [0.05, 0.1) is 4.88 Å². The summed E-state index contributed by atoms with van der Waals surface area (Å²) in [5, 5.41) is 7.53. The number of rotatable bonds is 5.